The number of nitrogens with zero attached hydrogens (tertiary/aromatic N) is 1. The number of rotatable bonds is 2. The van der Waals surface area contributed by atoms with Crippen molar-refractivity contribution in [3.05, 3.63) is 59.7 Å². The Morgan fingerprint density at radius 2 is 1.65 bits per heavy atom. The molecule has 0 saturated heterocycles. The Labute approximate surface area is 97.9 Å². The van der Waals surface area contributed by atoms with Crippen molar-refractivity contribution in [2.24, 2.45) is 0 Å². The molecule has 0 spiro atoms. The molecule has 3 heteroatoms. The highest BCUT2D eigenvalue weighted by molar-refractivity contribution is 5.65. The Morgan fingerprint density at radius 1 is 0.941 bits per heavy atom. The van der Waals surface area contributed by atoms with E-state index < -0.39 is 11.6 Å². The standard InChI is InChI=1S/C14H9F2N/c15-13-4-2-1-3-11(13)12-6-5-10(7-8-17)9-14(12)16/h1-6,9H,7H2. The van der Waals surface area contributed by atoms with E-state index in [0.29, 0.717) is 5.56 Å². The first-order valence-electron chi connectivity index (χ1n) is 5.12. The fraction of sp³-hybridized carbons (Fsp3) is 0.0714. The van der Waals surface area contributed by atoms with Crippen LogP contribution in [-0.2, 0) is 6.42 Å². The van der Waals surface area contributed by atoms with Crippen LogP contribution in [0.2, 0.25) is 0 Å². The van der Waals surface area contributed by atoms with Crippen LogP contribution in [0.4, 0.5) is 8.78 Å². The molecule has 0 bridgehead atoms. The second kappa shape index (κ2) is 4.75. The molecule has 0 fully saturated rings. The number of halogens is 2. The molecule has 0 aliphatic rings. The highest BCUT2D eigenvalue weighted by atomic mass is 19.1. The molecule has 0 unspecified atom stereocenters. The van der Waals surface area contributed by atoms with Gasteiger partial charge in [0.15, 0.2) is 0 Å². The Bertz CT molecular complexity index is 585. The fourth-order valence-electron chi connectivity index (χ4n) is 1.66. The van der Waals surface area contributed by atoms with Crippen molar-refractivity contribution >= 4 is 0 Å². The molecule has 0 N–H and O–H groups in total. The van der Waals surface area contributed by atoms with Crippen LogP contribution in [0.1, 0.15) is 5.56 Å². The molecule has 0 amide bonds. The third kappa shape index (κ3) is 2.31. The first-order chi connectivity index (χ1) is 8.22. The monoisotopic (exact) mass is 229 g/mol. The Balaban J connectivity index is 2.48. The van der Waals surface area contributed by atoms with Gasteiger partial charge in [-0.3, -0.25) is 0 Å². The van der Waals surface area contributed by atoms with E-state index in [1.54, 1.807) is 18.2 Å². The van der Waals surface area contributed by atoms with Gasteiger partial charge in [-0.2, -0.15) is 5.26 Å². The van der Waals surface area contributed by atoms with Crippen molar-refractivity contribution in [3.8, 4) is 17.2 Å². The van der Waals surface area contributed by atoms with E-state index in [-0.39, 0.29) is 17.5 Å². The van der Waals surface area contributed by atoms with Crippen molar-refractivity contribution in [3.63, 3.8) is 0 Å². The van der Waals surface area contributed by atoms with E-state index in [1.807, 2.05) is 6.07 Å². The van der Waals surface area contributed by atoms with Gasteiger partial charge >= 0.3 is 0 Å². The molecule has 0 heterocycles. The second-order valence-electron chi connectivity index (χ2n) is 3.63. The molecule has 1 nitrogen and oxygen atoms in total. The van der Waals surface area contributed by atoms with Crippen LogP contribution in [0.25, 0.3) is 11.1 Å². The maximum atomic E-state index is 13.8. The van der Waals surface area contributed by atoms with E-state index in [9.17, 15) is 8.78 Å². The summed E-state index contributed by atoms with van der Waals surface area (Å²) >= 11 is 0. The lowest BCUT2D eigenvalue weighted by atomic mass is 10.0. The van der Waals surface area contributed by atoms with E-state index >= 15 is 0 Å². The van der Waals surface area contributed by atoms with Crippen LogP contribution in [0.3, 0.4) is 0 Å². The summed E-state index contributed by atoms with van der Waals surface area (Å²) in [5.41, 5.74) is 1.03. The lowest BCUT2D eigenvalue weighted by Gasteiger charge is -2.05. The summed E-state index contributed by atoms with van der Waals surface area (Å²) in [5.74, 6) is -0.970. The maximum Gasteiger partial charge on any atom is 0.131 e. The average molecular weight is 229 g/mol. The molecule has 2 aromatic rings. The van der Waals surface area contributed by atoms with E-state index in [2.05, 4.69) is 0 Å². The van der Waals surface area contributed by atoms with Crippen molar-refractivity contribution in [2.75, 3.05) is 0 Å². The van der Waals surface area contributed by atoms with Crippen LogP contribution in [0.5, 0.6) is 0 Å². The van der Waals surface area contributed by atoms with Gasteiger partial charge < -0.3 is 0 Å². The second-order valence-corrected chi connectivity index (χ2v) is 3.63. The van der Waals surface area contributed by atoms with Crippen LogP contribution in [-0.4, -0.2) is 0 Å². The molecule has 0 radical (unpaired) electrons. The van der Waals surface area contributed by atoms with E-state index in [0.717, 1.165) is 0 Å². The van der Waals surface area contributed by atoms with Crippen LogP contribution >= 0.6 is 0 Å². The SMILES string of the molecule is N#CCc1ccc(-c2ccccc2F)c(F)c1. The Kier molecular flexibility index (Phi) is 3.15. The van der Waals surface area contributed by atoms with Crippen molar-refractivity contribution in [1.82, 2.24) is 0 Å². The number of nitriles is 1. The molecular formula is C14H9F2N. The van der Waals surface area contributed by atoms with Crippen molar-refractivity contribution in [1.29, 1.82) is 5.26 Å². The zero-order chi connectivity index (χ0) is 12.3. The highest BCUT2D eigenvalue weighted by Crippen LogP contribution is 2.26. The van der Waals surface area contributed by atoms with Crippen LogP contribution in [0.15, 0.2) is 42.5 Å². The van der Waals surface area contributed by atoms with Gasteiger partial charge in [0, 0.05) is 11.1 Å². The van der Waals surface area contributed by atoms with Crippen LogP contribution < -0.4 is 0 Å². The minimum absolute atomic E-state index is 0.147. The third-order valence-electron chi connectivity index (χ3n) is 2.48. The minimum Gasteiger partial charge on any atom is -0.206 e. The quantitative estimate of drug-likeness (QED) is 0.770. The van der Waals surface area contributed by atoms with E-state index in [1.165, 1.54) is 24.3 Å². The summed E-state index contributed by atoms with van der Waals surface area (Å²) in [6.45, 7) is 0. The van der Waals surface area contributed by atoms with Gasteiger partial charge in [0.25, 0.3) is 0 Å². The molecule has 2 aromatic carbocycles. The van der Waals surface area contributed by atoms with Gasteiger partial charge in [0.1, 0.15) is 11.6 Å². The minimum atomic E-state index is -0.511. The summed E-state index contributed by atoms with van der Waals surface area (Å²) in [5, 5.41) is 8.51. The largest absolute Gasteiger partial charge is 0.206 e. The summed E-state index contributed by atoms with van der Waals surface area (Å²) in [6.07, 6.45) is 0.147. The molecule has 84 valence electrons. The highest BCUT2D eigenvalue weighted by Gasteiger charge is 2.09. The molecule has 2 rings (SSSR count). The number of benzene rings is 2. The molecule has 0 aliphatic heterocycles. The summed E-state index contributed by atoms with van der Waals surface area (Å²) in [7, 11) is 0. The predicted octanol–water partition coefficient (Wildman–Crippen LogP) is 3.70. The predicted molar refractivity (Wildman–Crippen MR) is 61.1 cm³/mol. The molecule has 17 heavy (non-hydrogen) atoms. The third-order valence-corrected chi connectivity index (χ3v) is 2.48. The fourth-order valence-corrected chi connectivity index (χ4v) is 1.66. The first-order valence-corrected chi connectivity index (χ1v) is 5.12. The smallest absolute Gasteiger partial charge is 0.131 e. The molecule has 0 aliphatic carbocycles. The summed E-state index contributed by atoms with van der Waals surface area (Å²) in [6, 6.07) is 12.4. The van der Waals surface area contributed by atoms with Gasteiger partial charge in [0.05, 0.1) is 12.5 Å². The van der Waals surface area contributed by atoms with E-state index in [4.69, 9.17) is 5.26 Å². The molecular weight excluding hydrogens is 220 g/mol. The zero-order valence-corrected chi connectivity index (χ0v) is 8.95. The Morgan fingerprint density at radius 3 is 2.29 bits per heavy atom. The Hall–Kier alpha value is -2.21. The van der Waals surface area contributed by atoms with Crippen LogP contribution in [0, 0.1) is 23.0 Å². The van der Waals surface area contributed by atoms with Gasteiger partial charge in [0.2, 0.25) is 0 Å². The van der Waals surface area contributed by atoms with Gasteiger partial charge in [-0.05, 0) is 17.7 Å². The maximum absolute atomic E-state index is 13.8. The number of hydrogen-bond acceptors (Lipinski definition) is 1. The lowest BCUT2D eigenvalue weighted by Crippen LogP contribution is -1.91. The molecule has 0 saturated carbocycles. The lowest BCUT2D eigenvalue weighted by molar-refractivity contribution is 0.615. The number of hydrogen-bond donors (Lipinski definition) is 0. The van der Waals surface area contributed by atoms with Gasteiger partial charge in [-0.15, -0.1) is 0 Å². The summed E-state index contributed by atoms with van der Waals surface area (Å²) in [4.78, 5) is 0. The van der Waals surface area contributed by atoms with Gasteiger partial charge in [-0.1, -0.05) is 30.3 Å². The average Bonchev–Trinajstić information content (AvgIpc) is 2.31. The molecule has 0 atom stereocenters. The zero-order valence-electron chi connectivity index (χ0n) is 8.95. The normalized spacial score (nSPS) is 9.94. The molecule has 0 aromatic heterocycles. The topological polar surface area (TPSA) is 23.8 Å². The van der Waals surface area contributed by atoms with Crippen molar-refractivity contribution < 1.29 is 8.78 Å². The van der Waals surface area contributed by atoms with Crippen molar-refractivity contribution in [2.45, 2.75) is 6.42 Å². The first kappa shape index (κ1) is 11.3. The summed E-state index contributed by atoms with van der Waals surface area (Å²) < 4.78 is 27.2. The van der Waals surface area contributed by atoms with Gasteiger partial charge in [-0.25, -0.2) is 8.78 Å².